The third kappa shape index (κ3) is 3.42. The largest absolute Gasteiger partial charge is 0.329 e. The van der Waals surface area contributed by atoms with E-state index in [1.54, 1.807) is 11.3 Å². The predicted molar refractivity (Wildman–Crippen MR) is 84.9 cm³/mol. The smallest absolute Gasteiger partial charge is 0.150 e. The Hall–Kier alpha value is -0.430. The number of hydrogen-bond acceptors (Lipinski definition) is 5. The van der Waals surface area contributed by atoms with Gasteiger partial charge in [0.1, 0.15) is 9.84 Å². The monoisotopic (exact) mass is 316 g/mol. The van der Waals surface area contributed by atoms with Crippen LogP contribution in [0.2, 0.25) is 0 Å². The van der Waals surface area contributed by atoms with Crippen molar-refractivity contribution in [3.05, 3.63) is 22.4 Å². The van der Waals surface area contributed by atoms with Crippen LogP contribution in [0.4, 0.5) is 0 Å². The van der Waals surface area contributed by atoms with Crippen LogP contribution in [0.25, 0.3) is 0 Å². The summed E-state index contributed by atoms with van der Waals surface area (Å²) in [5.74, 6) is 0.528. The summed E-state index contributed by atoms with van der Waals surface area (Å²) in [6, 6.07) is 4.58. The van der Waals surface area contributed by atoms with Crippen LogP contribution in [-0.2, 0) is 16.3 Å². The molecule has 1 fully saturated rings. The normalized spacial score (nSPS) is 22.8. The standard InChI is InChI=1S/C14H24N2O2S2/c1-12(10-13-4-3-7-19-13)16(2)14(11-15)5-8-20(17,18)9-6-14/h3-4,7,12H,5-6,8-11,15H2,1-2H3. The van der Waals surface area contributed by atoms with Gasteiger partial charge in [-0.1, -0.05) is 6.07 Å². The maximum absolute atomic E-state index is 11.6. The molecule has 114 valence electrons. The molecule has 1 atom stereocenters. The lowest BCUT2D eigenvalue weighted by Gasteiger charge is -2.46. The van der Waals surface area contributed by atoms with Crippen LogP contribution in [-0.4, -0.2) is 50.0 Å². The molecule has 0 radical (unpaired) electrons. The Labute approximate surface area is 125 Å². The summed E-state index contributed by atoms with van der Waals surface area (Å²) < 4.78 is 23.3. The van der Waals surface area contributed by atoms with E-state index in [0.29, 0.717) is 25.4 Å². The molecule has 0 spiro atoms. The Balaban J connectivity index is 2.07. The van der Waals surface area contributed by atoms with Crippen LogP contribution in [0.5, 0.6) is 0 Å². The zero-order valence-electron chi connectivity index (χ0n) is 12.2. The minimum absolute atomic E-state index is 0.165. The van der Waals surface area contributed by atoms with Gasteiger partial charge in [0, 0.05) is 23.0 Å². The topological polar surface area (TPSA) is 63.4 Å². The molecule has 0 saturated carbocycles. The van der Waals surface area contributed by atoms with Gasteiger partial charge >= 0.3 is 0 Å². The molecule has 0 aliphatic carbocycles. The first kappa shape index (κ1) is 15.9. The van der Waals surface area contributed by atoms with Gasteiger partial charge in [-0.05, 0) is 44.7 Å². The average molecular weight is 316 g/mol. The lowest BCUT2D eigenvalue weighted by atomic mass is 9.88. The molecule has 6 heteroatoms. The van der Waals surface area contributed by atoms with Gasteiger partial charge in [0.2, 0.25) is 0 Å². The minimum atomic E-state index is -2.85. The SMILES string of the molecule is CC(Cc1cccs1)N(C)C1(CN)CCS(=O)(=O)CC1. The summed E-state index contributed by atoms with van der Waals surface area (Å²) in [4.78, 5) is 3.67. The van der Waals surface area contributed by atoms with Gasteiger partial charge in [-0.25, -0.2) is 8.42 Å². The highest BCUT2D eigenvalue weighted by Gasteiger charge is 2.40. The van der Waals surface area contributed by atoms with Crippen LogP contribution in [0.1, 0.15) is 24.6 Å². The van der Waals surface area contributed by atoms with Crippen molar-refractivity contribution >= 4 is 21.2 Å². The molecule has 0 amide bonds. The van der Waals surface area contributed by atoms with Gasteiger partial charge in [-0.3, -0.25) is 4.90 Å². The molecule has 4 nitrogen and oxygen atoms in total. The van der Waals surface area contributed by atoms with E-state index < -0.39 is 9.84 Å². The van der Waals surface area contributed by atoms with Crippen molar-refractivity contribution in [3.63, 3.8) is 0 Å². The number of rotatable bonds is 5. The third-order valence-electron chi connectivity index (χ3n) is 4.62. The zero-order chi connectivity index (χ0) is 14.8. The predicted octanol–water partition coefficient (Wildman–Crippen LogP) is 1.52. The maximum atomic E-state index is 11.6. The fourth-order valence-corrected chi connectivity index (χ4v) is 5.36. The molecule has 1 aliphatic rings. The lowest BCUT2D eigenvalue weighted by molar-refractivity contribution is 0.0746. The Bertz CT molecular complexity index is 511. The molecule has 2 heterocycles. The Morgan fingerprint density at radius 3 is 2.60 bits per heavy atom. The van der Waals surface area contributed by atoms with Crippen LogP contribution in [0, 0.1) is 0 Å². The first-order valence-corrected chi connectivity index (χ1v) is 9.74. The fraction of sp³-hybridized carbons (Fsp3) is 0.714. The van der Waals surface area contributed by atoms with E-state index in [-0.39, 0.29) is 17.0 Å². The summed E-state index contributed by atoms with van der Waals surface area (Å²) >= 11 is 1.77. The van der Waals surface area contributed by atoms with E-state index in [0.717, 1.165) is 6.42 Å². The second kappa shape index (κ2) is 6.13. The van der Waals surface area contributed by atoms with E-state index in [9.17, 15) is 8.42 Å². The second-order valence-corrected chi connectivity index (χ2v) is 9.16. The van der Waals surface area contributed by atoms with Gasteiger partial charge in [-0.15, -0.1) is 11.3 Å². The second-order valence-electron chi connectivity index (χ2n) is 5.82. The van der Waals surface area contributed by atoms with Gasteiger partial charge < -0.3 is 5.73 Å². The van der Waals surface area contributed by atoms with Crippen molar-refractivity contribution in [2.24, 2.45) is 5.73 Å². The molecule has 1 aromatic rings. The van der Waals surface area contributed by atoms with E-state index in [2.05, 4.69) is 36.4 Å². The van der Waals surface area contributed by atoms with Gasteiger partial charge in [-0.2, -0.15) is 0 Å². The van der Waals surface area contributed by atoms with E-state index in [1.165, 1.54) is 4.88 Å². The first-order valence-electron chi connectivity index (χ1n) is 7.04. The number of nitrogens with two attached hydrogens (primary N) is 1. The molecule has 1 saturated heterocycles. The molecular weight excluding hydrogens is 292 g/mol. The lowest BCUT2D eigenvalue weighted by Crippen LogP contribution is -2.59. The molecule has 2 N–H and O–H groups in total. The molecule has 1 unspecified atom stereocenters. The molecular formula is C14H24N2O2S2. The van der Waals surface area contributed by atoms with Crippen molar-refractivity contribution in [3.8, 4) is 0 Å². The highest BCUT2D eigenvalue weighted by Crippen LogP contribution is 2.30. The fourth-order valence-electron chi connectivity index (χ4n) is 2.94. The quantitative estimate of drug-likeness (QED) is 0.894. The van der Waals surface area contributed by atoms with Crippen LogP contribution >= 0.6 is 11.3 Å². The van der Waals surface area contributed by atoms with Crippen molar-refractivity contribution in [1.29, 1.82) is 0 Å². The Morgan fingerprint density at radius 1 is 1.45 bits per heavy atom. The molecule has 20 heavy (non-hydrogen) atoms. The third-order valence-corrected chi connectivity index (χ3v) is 7.17. The van der Waals surface area contributed by atoms with Crippen LogP contribution in [0.15, 0.2) is 17.5 Å². The molecule has 0 bridgehead atoms. The summed E-state index contributed by atoms with van der Waals surface area (Å²) in [5.41, 5.74) is 5.84. The van der Waals surface area contributed by atoms with Gasteiger partial charge in [0.05, 0.1) is 11.5 Å². The Kier molecular flexibility index (Phi) is 4.89. The minimum Gasteiger partial charge on any atom is -0.329 e. The summed E-state index contributed by atoms with van der Waals surface area (Å²) in [7, 11) is -0.767. The van der Waals surface area contributed by atoms with Crippen LogP contribution < -0.4 is 5.73 Å². The summed E-state index contributed by atoms with van der Waals surface area (Å²) in [6.07, 6.45) is 2.29. The molecule has 2 rings (SSSR count). The van der Waals surface area contributed by atoms with E-state index in [1.807, 2.05) is 0 Å². The highest BCUT2D eigenvalue weighted by atomic mass is 32.2. The number of thiophene rings is 1. The number of hydrogen-bond donors (Lipinski definition) is 1. The molecule has 1 aromatic heterocycles. The average Bonchev–Trinajstić information content (AvgIpc) is 2.91. The summed E-state index contributed by atoms with van der Waals surface area (Å²) in [6.45, 7) is 2.72. The maximum Gasteiger partial charge on any atom is 0.150 e. The van der Waals surface area contributed by atoms with Gasteiger partial charge in [0.25, 0.3) is 0 Å². The number of nitrogens with zero attached hydrogens (tertiary/aromatic N) is 1. The van der Waals surface area contributed by atoms with Crippen molar-refractivity contribution in [1.82, 2.24) is 4.90 Å². The molecule has 1 aliphatic heterocycles. The highest BCUT2D eigenvalue weighted by molar-refractivity contribution is 7.91. The van der Waals surface area contributed by atoms with Crippen molar-refractivity contribution < 1.29 is 8.42 Å². The first-order chi connectivity index (χ1) is 9.38. The van der Waals surface area contributed by atoms with Crippen LogP contribution in [0.3, 0.4) is 0 Å². The molecule has 0 aromatic carbocycles. The summed E-state index contributed by atoms with van der Waals surface area (Å²) in [5, 5.41) is 2.09. The Morgan fingerprint density at radius 2 is 2.10 bits per heavy atom. The number of likely N-dealkylation sites (N-methyl/N-ethyl adjacent to an activating group) is 1. The van der Waals surface area contributed by atoms with E-state index >= 15 is 0 Å². The number of sulfone groups is 1. The van der Waals surface area contributed by atoms with Crippen molar-refractivity contribution in [2.45, 2.75) is 37.8 Å². The van der Waals surface area contributed by atoms with Gasteiger partial charge in [0.15, 0.2) is 0 Å². The zero-order valence-corrected chi connectivity index (χ0v) is 13.8. The van der Waals surface area contributed by atoms with E-state index in [4.69, 9.17) is 5.73 Å². The van der Waals surface area contributed by atoms with Crippen molar-refractivity contribution in [2.75, 3.05) is 25.1 Å².